The molecule has 2 aromatic carbocycles. The third-order valence-electron chi connectivity index (χ3n) is 2.91. The van der Waals surface area contributed by atoms with Crippen LogP contribution in [0.3, 0.4) is 0 Å². The summed E-state index contributed by atoms with van der Waals surface area (Å²) >= 11 is 6.21. The van der Waals surface area contributed by atoms with Gasteiger partial charge in [-0.15, -0.1) is 0 Å². The van der Waals surface area contributed by atoms with Gasteiger partial charge in [0.25, 0.3) is 0 Å². The van der Waals surface area contributed by atoms with Crippen molar-refractivity contribution in [1.82, 2.24) is 0 Å². The van der Waals surface area contributed by atoms with E-state index in [0.29, 0.717) is 18.2 Å². The van der Waals surface area contributed by atoms with Gasteiger partial charge in [0.05, 0.1) is 13.7 Å². The fourth-order valence-corrected chi connectivity index (χ4v) is 2.19. The van der Waals surface area contributed by atoms with Crippen molar-refractivity contribution < 1.29 is 9.47 Å². The summed E-state index contributed by atoms with van der Waals surface area (Å²) in [6.45, 7) is 3.22. The molecule has 3 nitrogen and oxygen atoms in total. The quantitative estimate of drug-likeness (QED) is 0.858. The second-order valence-corrected chi connectivity index (χ2v) is 4.64. The third kappa shape index (κ3) is 3.58. The first-order valence-corrected chi connectivity index (χ1v) is 6.90. The van der Waals surface area contributed by atoms with Crippen LogP contribution >= 0.6 is 11.6 Å². The molecule has 0 heterocycles. The molecule has 0 fully saturated rings. The van der Waals surface area contributed by atoms with E-state index in [1.807, 2.05) is 49.4 Å². The number of nitrogens with one attached hydrogen (secondary N) is 1. The van der Waals surface area contributed by atoms with Crippen molar-refractivity contribution in [3.63, 3.8) is 0 Å². The molecule has 0 saturated carbocycles. The zero-order valence-corrected chi connectivity index (χ0v) is 12.4. The Bertz CT molecular complexity index is 572. The predicted octanol–water partition coefficient (Wildman–Crippen LogP) is 4.36. The minimum Gasteiger partial charge on any atom is -0.496 e. The van der Waals surface area contributed by atoms with Crippen LogP contribution in [0.15, 0.2) is 42.5 Å². The normalized spacial score (nSPS) is 10.2. The molecule has 2 rings (SSSR count). The van der Waals surface area contributed by atoms with Crippen LogP contribution < -0.4 is 14.8 Å². The van der Waals surface area contributed by atoms with Crippen molar-refractivity contribution in [3.05, 3.63) is 53.1 Å². The van der Waals surface area contributed by atoms with Gasteiger partial charge in [-0.2, -0.15) is 0 Å². The maximum atomic E-state index is 6.21. The van der Waals surface area contributed by atoms with E-state index in [-0.39, 0.29) is 0 Å². The Kier molecular flexibility index (Phi) is 5.13. The van der Waals surface area contributed by atoms with E-state index in [0.717, 1.165) is 22.7 Å². The molecule has 0 amide bonds. The maximum absolute atomic E-state index is 6.21. The summed E-state index contributed by atoms with van der Waals surface area (Å²) in [7, 11) is 1.64. The van der Waals surface area contributed by atoms with E-state index in [1.165, 1.54) is 0 Å². The first-order chi connectivity index (χ1) is 9.74. The van der Waals surface area contributed by atoms with E-state index >= 15 is 0 Å². The SMILES string of the molecule is CCOc1cccc(NCc2c(Cl)cccc2OC)c1. The fourth-order valence-electron chi connectivity index (χ4n) is 1.95. The number of hydrogen-bond donors (Lipinski definition) is 1. The fraction of sp³-hybridized carbons (Fsp3) is 0.250. The van der Waals surface area contributed by atoms with Crippen LogP contribution in [0.5, 0.6) is 11.5 Å². The Balaban J connectivity index is 2.10. The highest BCUT2D eigenvalue weighted by atomic mass is 35.5. The minimum absolute atomic E-state index is 0.596. The predicted molar refractivity (Wildman–Crippen MR) is 82.9 cm³/mol. The molecule has 0 aromatic heterocycles. The van der Waals surface area contributed by atoms with E-state index in [4.69, 9.17) is 21.1 Å². The first kappa shape index (κ1) is 14.5. The molecule has 0 aliphatic rings. The average molecular weight is 292 g/mol. The van der Waals surface area contributed by atoms with Crippen LogP contribution in [0, 0.1) is 0 Å². The third-order valence-corrected chi connectivity index (χ3v) is 3.26. The van der Waals surface area contributed by atoms with Crippen LogP contribution in [0.2, 0.25) is 5.02 Å². The van der Waals surface area contributed by atoms with Gasteiger partial charge in [0.1, 0.15) is 11.5 Å². The first-order valence-electron chi connectivity index (χ1n) is 6.52. The molecule has 0 aliphatic heterocycles. The van der Waals surface area contributed by atoms with Gasteiger partial charge in [-0.25, -0.2) is 0 Å². The summed E-state index contributed by atoms with van der Waals surface area (Å²) in [5, 5.41) is 4.02. The van der Waals surface area contributed by atoms with Crippen molar-refractivity contribution in [1.29, 1.82) is 0 Å². The molecular formula is C16H18ClNO2. The highest BCUT2D eigenvalue weighted by Gasteiger charge is 2.07. The van der Waals surface area contributed by atoms with Gasteiger partial charge in [-0.05, 0) is 31.2 Å². The van der Waals surface area contributed by atoms with E-state index in [9.17, 15) is 0 Å². The minimum atomic E-state index is 0.596. The zero-order valence-electron chi connectivity index (χ0n) is 11.7. The summed E-state index contributed by atoms with van der Waals surface area (Å²) in [4.78, 5) is 0. The molecule has 0 spiro atoms. The summed E-state index contributed by atoms with van der Waals surface area (Å²) < 4.78 is 10.8. The van der Waals surface area contributed by atoms with Crippen LogP contribution in [0.4, 0.5) is 5.69 Å². The topological polar surface area (TPSA) is 30.5 Å². The van der Waals surface area contributed by atoms with Gasteiger partial charge in [0.15, 0.2) is 0 Å². The number of anilines is 1. The van der Waals surface area contributed by atoms with Crippen molar-refractivity contribution >= 4 is 17.3 Å². The molecule has 1 N–H and O–H groups in total. The number of ether oxygens (including phenoxy) is 2. The lowest BCUT2D eigenvalue weighted by molar-refractivity contribution is 0.340. The van der Waals surface area contributed by atoms with Gasteiger partial charge in [-0.1, -0.05) is 23.7 Å². The van der Waals surface area contributed by atoms with Crippen LogP contribution in [0.25, 0.3) is 0 Å². The lowest BCUT2D eigenvalue weighted by Gasteiger charge is -2.13. The van der Waals surface area contributed by atoms with Crippen molar-refractivity contribution in [3.8, 4) is 11.5 Å². The highest BCUT2D eigenvalue weighted by Crippen LogP contribution is 2.27. The van der Waals surface area contributed by atoms with Crippen LogP contribution in [0.1, 0.15) is 12.5 Å². The van der Waals surface area contributed by atoms with E-state index in [2.05, 4.69) is 5.32 Å². The van der Waals surface area contributed by atoms with Crippen LogP contribution in [-0.4, -0.2) is 13.7 Å². The van der Waals surface area contributed by atoms with Gasteiger partial charge in [0, 0.05) is 28.9 Å². The summed E-state index contributed by atoms with van der Waals surface area (Å²) in [6.07, 6.45) is 0. The lowest BCUT2D eigenvalue weighted by Crippen LogP contribution is -2.03. The maximum Gasteiger partial charge on any atom is 0.125 e. The number of rotatable bonds is 6. The molecule has 0 unspecified atom stereocenters. The Hall–Kier alpha value is -1.87. The molecule has 0 bridgehead atoms. The number of hydrogen-bond acceptors (Lipinski definition) is 3. The number of benzene rings is 2. The smallest absolute Gasteiger partial charge is 0.125 e. The molecule has 0 atom stereocenters. The molecule has 0 radical (unpaired) electrons. The van der Waals surface area contributed by atoms with Crippen molar-refractivity contribution in [2.24, 2.45) is 0 Å². The Morgan fingerprint density at radius 2 is 1.95 bits per heavy atom. The Labute approximate surface area is 124 Å². The van der Waals surface area contributed by atoms with E-state index in [1.54, 1.807) is 7.11 Å². The van der Waals surface area contributed by atoms with Gasteiger partial charge in [0.2, 0.25) is 0 Å². The lowest BCUT2D eigenvalue weighted by atomic mass is 10.2. The second kappa shape index (κ2) is 7.06. The standard InChI is InChI=1S/C16H18ClNO2/c1-3-20-13-7-4-6-12(10-13)18-11-14-15(17)8-5-9-16(14)19-2/h4-10,18H,3,11H2,1-2H3. The van der Waals surface area contributed by atoms with Gasteiger partial charge in [-0.3, -0.25) is 0 Å². The van der Waals surface area contributed by atoms with E-state index < -0.39 is 0 Å². The zero-order chi connectivity index (χ0) is 14.4. The molecule has 0 saturated heterocycles. The Morgan fingerprint density at radius 3 is 2.70 bits per heavy atom. The second-order valence-electron chi connectivity index (χ2n) is 4.24. The highest BCUT2D eigenvalue weighted by molar-refractivity contribution is 6.31. The molecule has 106 valence electrons. The molecule has 2 aromatic rings. The summed E-state index contributed by atoms with van der Waals surface area (Å²) in [6, 6.07) is 13.5. The Morgan fingerprint density at radius 1 is 1.15 bits per heavy atom. The number of halogens is 1. The molecular weight excluding hydrogens is 274 g/mol. The monoisotopic (exact) mass is 291 g/mol. The average Bonchev–Trinajstić information content (AvgIpc) is 2.46. The van der Waals surface area contributed by atoms with Crippen molar-refractivity contribution in [2.75, 3.05) is 19.0 Å². The molecule has 0 aliphatic carbocycles. The molecule has 20 heavy (non-hydrogen) atoms. The largest absolute Gasteiger partial charge is 0.496 e. The summed E-state index contributed by atoms with van der Waals surface area (Å²) in [5.41, 5.74) is 1.93. The summed E-state index contributed by atoms with van der Waals surface area (Å²) in [5.74, 6) is 1.63. The molecule has 4 heteroatoms. The van der Waals surface area contributed by atoms with Gasteiger partial charge < -0.3 is 14.8 Å². The van der Waals surface area contributed by atoms with Gasteiger partial charge >= 0.3 is 0 Å². The van der Waals surface area contributed by atoms with Crippen molar-refractivity contribution in [2.45, 2.75) is 13.5 Å². The van der Waals surface area contributed by atoms with Crippen LogP contribution in [-0.2, 0) is 6.54 Å². The number of methoxy groups -OCH3 is 1.